The molecule has 0 bridgehead atoms. The summed E-state index contributed by atoms with van der Waals surface area (Å²) >= 11 is 0. The quantitative estimate of drug-likeness (QED) is 0.704. The fraction of sp³-hybridized carbons (Fsp3) is 0.167. The number of hydrogen-bond acceptors (Lipinski definition) is 2. The van der Waals surface area contributed by atoms with E-state index in [0.29, 0.717) is 5.56 Å². The van der Waals surface area contributed by atoms with Crippen LogP contribution in [0, 0.1) is 25.2 Å². The van der Waals surface area contributed by atoms with E-state index in [1.807, 2.05) is 38.1 Å². The average molecular weight is 197 g/mol. The van der Waals surface area contributed by atoms with Crippen LogP contribution in [0.5, 0.6) is 0 Å². The Balaban J connectivity index is 2.46. The van der Waals surface area contributed by atoms with Crippen LogP contribution in [0.3, 0.4) is 0 Å². The maximum atomic E-state index is 8.82. The van der Waals surface area contributed by atoms with Gasteiger partial charge in [-0.1, -0.05) is 17.7 Å². The minimum atomic E-state index is 0.621. The van der Waals surface area contributed by atoms with Crippen molar-refractivity contribution in [1.29, 1.82) is 5.26 Å². The van der Waals surface area contributed by atoms with Gasteiger partial charge in [0.25, 0.3) is 0 Å². The molecule has 0 amide bonds. The van der Waals surface area contributed by atoms with E-state index in [9.17, 15) is 0 Å². The van der Waals surface area contributed by atoms with Gasteiger partial charge in [-0.05, 0) is 26.0 Å². The number of aryl methyl sites for hydroxylation is 2. The molecule has 0 radical (unpaired) electrons. The van der Waals surface area contributed by atoms with Gasteiger partial charge in [-0.25, -0.2) is 4.68 Å². The molecule has 0 N–H and O–H groups in total. The van der Waals surface area contributed by atoms with Crippen molar-refractivity contribution in [3.63, 3.8) is 0 Å². The zero-order chi connectivity index (χ0) is 10.8. The van der Waals surface area contributed by atoms with Crippen molar-refractivity contribution in [1.82, 2.24) is 9.78 Å². The van der Waals surface area contributed by atoms with Crippen LogP contribution < -0.4 is 0 Å². The molecular formula is C12H11N3. The summed E-state index contributed by atoms with van der Waals surface area (Å²) in [5.74, 6) is 0. The minimum absolute atomic E-state index is 0.621. The predicted octanol–water partition coefficient (Wildman–Crippen LogP) is 2.36. The SMILES string of the molecule is Cc1ccc(-n2cc(C#N)c(C)n2)cc1. The number of hydrogen-bond donors (Lipinski definition) is 0. The van der Waals surface area contributed by atoms with Gasteiger partial charge in [-0.15, -0.1) is 0 Å². The molecule has 0 unspecified atom stereocenters. The molecule has 74 valence electrons. The van der Waals surface area contributed by atoms with Crippen molar-refractivity contribution in [2.24, 2.45) is 0 Å². The van der Waals surface area contributed by atoms with E-state index >= 15 is 0 Å². The number of rotatable bonds is 1. The van der Waals surface area contributed by atoms with Crippen molar-refractivity contribution in [3.8, 4) is 11.8 Å². The number of nitriles is 1. The summed E-state index contributed by atoms with van der Waals surface area (Å²) in [5, 5.41) is 13.1. The molecular weight excluding hydrogens is 186 g/mol. The van der Waals surface area contributed by atoms with Gasteiger partial charge in [0.05, 0.1) is 16.9 Å². The number of benzene rings is 1. The van der Waals surface area contributed by atoms with Gasteiger partial charge < -0.3 is 0 Å². The molecule has 0 atom stereocenters. The van der Waals surface area contributed by atoms with E-state index in [-0.39, 0.29) is 0 Å². The van der Waals surface area contributed by atoms with Gasteiger partial charge in [0.2, 0.25) is 0 Å². The Labute approximate surface area is 88.6 Å². The Morgan fingerprint density at radius 3 is 2.40 bits per heavy atom. The third-order valence-corrected chi connectivity index (χ3v) is 2.32. The summed E-state index contributed by atoms with van der Waals surface area (Å²) in [5.41, 5.74) is 3.57. The zero-order valence-corrected chi connectivity index (χ0v) is 8.73. The zero-order valence-electron chi connectivity index (χ0n) is 8.73. The number of nitrogens with zero attached hydrogens (tertiary/aromatic N) is 3. The molecule has 1 aromatic heterocycles. The minimum Gasteiger partial charge on any atom is -0.239 e. The van der Waals surface area contributed by atoms with Gasteiger partial charge in [-0.3, -0.25) is 0 Å². The second-order valence-corrected chi connectivity index (χ2v) is 3.52. The molecule has 0 spiro atoms. The molecule has 0 saturated heterocycles. The van der Waals surface area contributed by atoms with E-state index in [1.165, 1.54) is 5.56 Å². The Hall–Kier alpha value is -2.08. The summed E-state index contributed by atoms with van der Waals surface area (Å²) in [6, 6.07) is 10.1. The lowest BCUT2D eigenvalue weighted by atomic mass is 10.2. The van der Waals surface area contributed by atoms with Crippen LogP contribution in [-0.2, 0) is 0 Å². The molecule has 3 nitrogen and oxygen atoms in total. The Morgan fingerprint density at radius 1 is 1.20 bits per heavy atom. The van der Waals surface area contributed by atoms with Crippen LogP contribution in [0.2, 0.25) is 0 Å². The Bertz CT molecular complexity index is 515. The normalized spacial score (nSPS) is 9.93. The summed E-state index contributed by atoms with van der Waals surface area (Å²) in [4.78, 5) is 0. The monoisotopic (exact) mass is 197 g/mol. The van der Waals surface area contributed by atoms with Crippen molar-refractivity contribution < 1.29 is 0 Å². The van der Waals surface area contributed by atoms with Crippen LogP contribution >= 0.6 is 0 Å². The lowest BCUT2D eigenvalue weighted by molar-refractivity contribution is 0.862. The highest BCUT2D eigenvalue weighted by molar-refractivity contribution is 5.38. The maximum Gasteiger partial charge on any atom is 0.103 e. The van der Waals surface area contributed by atoms with Gasteiger partial charge in [0.1, 0.15) is 6.07 Å². The first-order valence-corrected chi connectivity index (χ1v) is 4.74. The lowest BCUT2D eigenvalue weighted by Gasteiger charge is -2.00. The molecule has 0 saturated carbocycles. The van der Waals surface area contributed by atoms with Gasteiger partial charge in [0.15, 0.2) is 0 Å². The molecule has 3 heteroatoms. The van der Waals surface area contributed by atoms with Gasteiger partial charge in [-0.2, -0.15) is 10.4 Å². The Morgan fingerprint density at radius 2 is 1.87 bits per heavy atom. The first kappa shape index (κ1) is 9.47. The highest BCUT2D eigenvalue weighted by Gasteiger charge is 2.04. The van der Waals surface area contributed by atoms with Crippen molar-refractivity contribution >= 4 is 0 Å². The first-order chi connectivity index (χ1) is 7.20. The predicted molar refractivity (Wildman–Crippen MR) is 57.8 cm³/mol. The third-order valence-electron chi connectivity index (χ3n) is 2.32. The summed E-state index contributed by atoms with van der Waals surface area (Å²) < 4.78 is 1.73. The van der Waals surface area contributed by atoms with Crippen molar-refractivity contribution in [2.45, 2.75) is 13.8 Å². The topological polar surface area (TPSA) is 41.6 Å². The summed E-state index contributed by atoms with van der Waals surface area (Å²) in [6.07, 6.45) is 1.75. The second-order valence-electron chi connectivity index (χ2n) is 3.52. The fourth-order valence-corrected chi connectivity index (χ4v) is 1.40. The van der Waals surface area contributed by atoms with Crippen LogP contribution in [0.25, 0.3) is 5.69 Å². The Kier molecular flexibility index (Phi) is 2.26. The van der Waals surface area contributed by atoms with E-state index < -0.39 is 0 Å². The van der Waals surface area contributed by atoms with Crippen LogP contribution in [0.4, 0.5) is 0 Å². The van der Waals surface area contributed by atoms with Crippen molar-refractivity contribution in [2.75, 3.05) is 0 Å². The highest BCUT2D eigenvalue weighted by atomic mass is 15.3. The number of aromatic nitrogens is 2. The van der Waals surface area contributed by atoms with E-state index in [4.69, 9.17) is 5.26 Å². The maximum absolute atomic E-state index is 8.82. The van der Waals surface area contributed by atoms with Crippen LogP contribution in [-0.4, -0.2) is 9.78 Å². The fourth-order valence-electron chi connectivity index (χ4n) is 1.40. The molecule has 2 aromatic rings. The summed E-state index contributed by atoms with van der Waals surface area (Å²) in [6.45, 7) is 3.88. The van der Waals surface area contributed by atoms with E-state index in [0.717, 1.165) is 11.4 Å². The molecule has 0 aliphatic rings. The van der Waals surface area contributed by atoms with Gasteiger partial charge >= 0.3 is 0 Å². The molecule has 15 heavy (non-hydrogen) atoms. The van der Waals surface area contributed by atoms with E-state index in [1.54, 1.807) is 10.9 Å². The molecule has 1 aromatic carbocycles. The largest absolute Gasteiger partial charge is 0.239 e. The molecule has 2 rings (SSSR count). The summed E-state index contributed by atoms with van der Waals surface area (Å²) in [7, 11) is 0. The van der Waals surface area contributed by atoms with Crippen molar-refractivity contribution in [3.05, 3.63) is 47.3 Å². The van der Waals surface area contributed by atoms with E-state index in [2.05, 4.69) is 11.2 Å². The lowest BCUT2D eigenvalue weighted by Crippen LogP contribution is -1.94. The molecule has 1 heterocycles. The molecule has 0 aliphatic heterocycles. The molecule has 0 fully saturated rings. The van der Waals surface area contributed by atoms with Crippen LogP contribution in [0.15, 0.2) is 30.5 Å². The average Bonchev–Trinajstić information content (AvgIpc) is 2.61. The highest BCUT2D eigenvalue weighted by Crippen LogP contribution is 2.11. The molecule has 0 aliphatic carbocycles. The first-order valence-electron chi connectivity index (χ1n) is 4.74. The smallest absolute Gasteiger partial charge is 0.103 e. The standard InChI is InChI=1S/C12H11N3/c1-9-3-5-12(6-4-9)15-8-11(7-13)10(2)14-15/h3-6,8H,1-2H3. The van der Waals surface area contributed by atoms with Gasteiger partial charge in [0, 0.05) is 6.20 Å². The van der Waals surface area contributed by atoms with Crippen LogP contribution in [0.1, 0.15) is 16.8 Å². The second kappa shape index (κ2) is 3.58. The third kappa shape index (κ3) is 1.75.